The van der Waals surface area contributed by atoms with Crippen molar-refractivity contribution in [1.29, 1.82) is 0 Å². The molecule has 1 saturated carbocycles. The van der Waals surface area contributed by atoms with E-state index in [9.17, 15) is 9.18 Å². The minimum atomic E-state index is -0.453. The largest absolute Gasteiger partial charge is 0.370 e. The van der Waals surface area contributed by atoms with Gasteiger partial charge in [-0.1, -0.05) is 24.1 Å². The molecular formula is C16H20ClFN2O2. The van der Waals surface area contributed by atoms with Crippen molar-refractivity contribution in [1.82, 2.24) is 4.90 Å². The quantitative estimate of drug-likeness (QED) is 0.908. The summed E-state index contributed by atoms with van der Waals surface area (Å²) in [4.78, 5) is 14.4. The van der Waals surface area contributed by atoms with Crippen molar-refractivity contribution < 1.29 is 13.9 Å². The molecule has 1 amide bonds. The summed E-state index contributed by atoms with van der Waals surface area (Å²) in [5, 5.41) is 0.0716. The van der Waals surface area contributed by atoms with Crippen LogP contribution in [0.1, 0.15) is 30.9 Å². The lowest BCUT2D eigenvalue weighted by Crippen LogP contribution is -2.47. The number of ether oxygens (including phenoxy) is 1. The summed E-state index contributed by atoms with van der Waals surface area (Å²) < 4.78 is 19.0. The van der Waals surface area contributed by atoms with Crippen LogP contribution in [0.15, 0.2) is 18.2 Å². The van der Waals surface area contributed by atoms with E-state index in [0.717, 1.165) is 24.8 Å². The van der Waals surface area contributed by atoms with Crippen molar-refractivity contribution >= 4 is 17.5 Å². The van der Waals surface area contributed by atoms with E-state index in [4.69, 9.17) is 22.1 Å². The highest BCUT2D eigenvalue weighted by atomic mass is 35.5. The van der Waals surface area contributed by atoms with Crippen LogP contribution in [0.4, 0.5) is 4.39 Å². The van der Waals surface area contributed by atoms with Gasteiger partial charge in [0.1, 0.15) is 11.9 Å². The second-order valence-electron chi connectivity index (χ2n) is 6.02. The van der Waals surface area contributed by atoms with Gasteiger partial charge in [-0.05, 0) is 30.5 Å². The predicted molar refractivity (Wildman–Crippen MR) is 82.0 cm³/mol. The van der Waals surface area contributed by atoms with Crippen LogP contribution in [0.2, 0.25) is 5.02 Å². The van der Waals surface area contributed by atoms with Gasteiger partial charge in [-0.3, -0.25) is 4.79 Å². The molecule has 6 heteroatoms. The third-order valence-corrected chi connectivity index (χ3v) is 4.87. The third kappa shape index (κ3) is 3.12. The zero-order valence-electron chi connectivity index (χ0n) is 12.3. The summed E-state index contributed by atoms with van der Waals surface area (Å²) in [5.74, 6) is -0.409. The molecule has 2 N–H and O–H groups in total. The Morgan fingerprint density at radius 1 is 1.41 bits per heavy atom. The first-order valence-corrected chi connectivity index (χ1v) is 8.05. The van der Waals surface area contributed by atoms with Crippen molar-refractivity contribution in [2.75, 3.05) is 19.7 Å². The predicted octanol–water partition coefficient (Wildman–Crippen LogP) is 2.51. The van der Waals surface area contributed by atoms with Crippen LogP contribution >= 0.6 is 11.6 Å². The molecule has 2 fully saturated rings. The van der Waals surface area contributed by atoms with Gasteiger partial charge < -0.3 is 15.4 Å². The highest BCUT2D eigenvalue weighted by Gasteiger charge is 2.35. The highest BCUT2D eigenvalue weighted by Crippen LogP contribution is 2.30. The molecule has 0 spiro atoms. The molecule has 0 aromatic heterocycles. The molecule has 0 unspecified atom stereocenters. The summed E-state index contributed by atoms with van der Waals surface area (Å²) in [7, 11) is 0. The summed E-state index contributed by atoms with van der Waals surface area (Å²) in [6.45, 7) is 1.50. The van der Waals surface area contributed by atoms with Gasteiger partial charge in [-0.25, -0.2) is 4.39 Å². The first-order chi connectivity index (χ1) is 10.6. The van der Waals surface area contributed by atoms with Crippen molar-refractivity contribution in [2.24, 2.45) is 11.7 Å². The Morgan fingerprint density at radius 3 is 2.91 bits per heavy atom. The summed E-state index contributed by atoms with van der Waals surface area (Å²) >= 11 is 5.83. The highest BCUT2D eigenvalue weighted by molar-refractivity contribution is 6.30. The van der Waals surface area contributed by atoms with Crippen molar-refractivity contribution in [3.63, 3.8) is 0 Å². The number of benzene rings is 1. The maximum absolute atomic E-state index is 13.3. The zero-order valence-corrected chi connectivity index (χ0v) is 13.1. The average molecular weight is 327 g/mol. The number of amides is 1. The number of carbonyl (C=O) groups excluding carboxylic acids is 1. The van der Waals surface area contributed by atoms with E-state index in [2.05, 4.69) is 0 Å². The number of nitrogens with two attached hydrogens (primary N) is 1. The Labute approximate surface area is 134 Å². The third-order valence-electron chi connectivity index (χ3n) is 4.58. The number of hydrogen-bond donors (Lipinski definition) is 1. The average Bonchev–Trinajstić information content (AvgIpc) is 2.95. The van der Waals surface area contributed by atoms with Crippen LogP contribution in [-0.2, 0) is 9.53 Å². The molecular weight excluding hydrogens is 307 g/mol. The first kappa shape index (κ1) is 15.7. The summed E-state index contributed by atoms with van der Waals surface area (Å²) in [6.07, 6.45) is 2.52. The Balaban J connectivity index is 1.71. The monoisotopic (exact) mass is 326 g/mol. The number of carbonyl (C=O) groups is 1. The molecule has 1 aromatic carbocycles. The molecule has 1 aliphatic carbocycles. The van der Waals surface area contributed by atoms with Crippen LogP contribution in [-0.4, -0.2) is 36.5 Å². The van der Waals surface area contributed by atoms with Gasteiger partial charge in [-0.2, -0.15) is 0 Å². The lowest BCUT2D eigenvalue weighted by Gasteiger charge is -2.35. The van der Waals surface area contributed by atoms with Crippen LogP contribution in [0.5, 0.6) is 0 Å². The maximum atomic E-state index is 13.3. The van der Waals surface area contributed by atoms with Crippen molar-refractivity contribution in [3.8, 4) is 0 Å². The molecule has 1 aromatic rings. The minimum absolute atomic E-state index is 0.0333. The zero-order chi connectivity index (χ0) is 15.7. The molecule has 1 saturated heterocycles. The lowest BCUT2D eigenvalue weighted by atomic mass is 10.0. The van der Waals surface area contributed by atoms with Gasteiger partial charge in [-0.15, -0.1) is 0 Å². The van der Waals surface area contributed by atoms with E-state index in [1.54, 1.807) is 12.1 Å². The normalized spacial score (nSPS) is 28.9. The van der Waals surface area contributed by atoms with Gasteiger partial charge in [0, 0.05) is 12.6 Å². The van der Waals surface area contributed by atoms with Crippen molar-refractivity contribution in [3.05, 3.63) is 34.6 Å². The molecule has 1 aliphatic heterocycles. The summed E-state index contributed by atoms with van der Waals surface area (Å²) in [5.41, 5.74) is 6.82. The SMILES string of the molecule is N[C@@H]1CCC[C@H]1C(=O)N1CCO[C@H](c2ccc(F)c(Cl)c2)C1. The van der Waals surface area contributed by atoms with E-state index in [0.29, 0.717) is 19.7 Å². The van der Waals surface area contributed by atoms with Crippen LogP contribution in [0, 0.1) is 11.7 Å². The van der Waals surface area contributed by atoms with Gasteiger partial charge in [0.15, 0.2) is 0 Å². The number of rotatable bonds is 2. The number of nitrogens with zero attached hydrogens (tertiary/aromatic N) is 1. The van der Waals surface area contributed by atoms with Gasteiger partial charge in [0.25, 0.3) is 0 Å². The number of morpholine rings is 1. The smallest absolute Gasteiger partial charge is 0.227 e. The molecule has 2 aliphatic rings. The Bertz CT molecular complexity index is 569. The van der Waals surface area contributed by atoms with E-state index < -0.39 is 5.82 Å². The molecule has 1 heterocycles. The Kier molecular flexibility index (Phi) is 4.66. The van der Waals surface area contributed by atoms with E-state index in [1.807, 2.05) is 4.90 Å². The van der Waals surface area contributed by atoms with E-state index >= 15 is 0 Å². The van der Waals surface area contributed by atoms with Crippen LogP contribution < -0.4 is 5.73 Å². The van der Waals surface area contributed by atoms with Crippen LogP contribution in [0.25, 0.3) is 0 Å². The Hall–Kier alpha value is -1.17. The van der Waals surface area contributed by atoms with Crippen LogP contribution in [0.3, 0.4) is 0 Å². The molecule has 0 bridgehead atoms. The van der Waals surface area contributed by atoms with E-state index in [-0.39, 0.29) is 29.0 Å². The number of hydrogen-bond acceptors (Lipinski definition) is 3. The molecule has 3 atom stereocenters. The van der Waals surface area contributed by atoms with E-state index in [1.165, 1.54) is 6.07 Å². The lowest BCUT2D eigenvalue weighted by molar-refractivity contribution is -0.143. The first-order valence-electron chi connectivity index (χ1n) is 7.67. The maximum Gasteiger partial charge on any atom is 0.227 e. The second kappa shape index (κ2) is 6.52. The molecule has 120 valence electrons. The summed E-state index contributed by atoms with van der Waals surface area (Å²) in [6, 6.07) is 4.52. The fourth-order valence-electron chi connectivity index (χ4n) is 3.29. The standard InChI is InChI=1S/C16H20ClFN2O2/c17-12-8-10(4-5-13(12)18)15-9-20(6-7-22-15)16(21)11-2-1-3-14(11)19/h4-5,8,11,14-15H,1-3,6-7,9,19H2/t11-,14-,15+/m1/s1. The van der Waals surface area contributed by atoms with Crippen molar-refractivity contribution in [2.45, 2.75) is 31.4 Å². The molecule has 0 radical (unpaired) electrons. The fourth-order valence-corrected chi connectivity index (χ4v) is 3.48. The second-order valence-corrected chi connectivity index (χ2v) is 6.43. The minimum Gasteiger partial charge on any atom is -0.370 e. The van der Waals surface area contributed by atoms with Gasteiger partial charge in [0.2, 0.25) is 5.91 Å². The molecule has 4 nitrogen and oxygen atoms in total. The number of halogens is 2. The fraction of sp³-hybridized carbons (Fsp3) is 0.562. The molecule has 22 heavy (non-hydrogen) atoms. The molecule has 3 rings (SSSR count). The Morgan fingerprint density at radius 2 is 2.23 bits per heavy atom. The van der Waals surface area contributed by atoms with Gasteiger partial charge >= 0.3 is 0 Å². The topological polar surface area (TPSA) is 55.6 Å². The van der Waals surface area contributed by atoms with Gasteiger partial charge in [0.05, 0.1) is 24.1 Å².